The van der Waals surface area contributed by atoms with E-state index in [0.717, 1.165) is 0 Å². The summed E-state index contributed by atoms with van der Waals surface area (Å²) in [5.41, 5.74) is 2.74. The molecule has 21 heavy (non-hydrogen) atoms. The summed E-state index contributed by atoms with van der Waals surface area (Å²) in [6, 6.07) is 17.5. The van der Waals surface area contributed by atoms with Gasteiger partial charge < -0.3 is 12.4 Å². The van der Waals surface area contributed by atoms with Crippen molar-refractivity contribution in [3.8, 4) is 20.2 Å². The van der Waals surface area contributed by atoms with E-state index in [0.29, 0.717) is 0 Å². The molecule has 0 saturated heterocycles. The maximum atomic E-state index is 3.15. The van der Waals surface area contributed by atoms with Crippen LogP contribution in [0.25, 0.3) is 20.2 Å². The van der Waals surface area contributed by atoms with E-state index in [1.807, 2.05) is 17.4 Å². The number of benzene rings is 1. The van der Waals surface area contributed by atoms with Crippen molar-refractivity contribution in [3.05, 3.63) is 59.5 Å². The van der Waals surface area contributed by atoms with E-state index >= 15 is 0 Å². The van der Waals surface area contributed by atoms with Crippen LogP contribution in [0.5, 0.6) is 0 Å². The summed E-state index contributed by atoms with van der Waals surface area (Å²) in [7, 11) is 0. The van der Waals surface area contributed by atoms with Crippen LogP contribution >= 0.6 is 22.7 Å². The van der Waals surface area contributed by atoms with E-state index in [2.05, 4.69) is 54.8 Å². The molecule has 0 saturated carbocycles. The summed E-state index contributed by atoms with van der Waals surface area (Å²) >= 11 is 3.53. The SMILES string of the molecule is CCCc1ccc(-c2ccc(-c3cc[c-]s3)s2)cc1.[Cl-].[Zn+2]. The standard InChI is InChI=1S/C17H15S2.ClH.Zn/c1-2-4-13-6-8-14(9-7-13)15-10-11-17(19-15)16-5-3-12-18-16;;/h3,5-11H,2,4H2,1H3;1H;/q-1;;+2/p-1. The van der Waals surface area contributed by atoms with Crippen molar-refractivity contribution in [1.82, 2.24) is 0 Å². The first-order chi connectivity index (χ1) is 9.36. The predicted molar refractivity (Wildman–Crippen MR) is 85.9 cm³/mol. The molecule has 0 amide bonds. The van der Waals surface area contributed by atoms with Crippen LogP contribution in [-0.2, 0) is 25.9 Å². The molecule has 3 rings (SSSR count). The molecular formula is C17H15ClS2Zn. The van der Waals surface area contributed by atoms with Crippen molar-refractivity contribution >= 4 is 22.7 Å². The van der Waals surface area contributed by atoms with Gasteiger partial charge in [0.1, 0.15) is 0 Å². The maximum Gasteiger partial charge on any atom is 2.00 e. The van der Waals surface area contributed by atoms with Crippen LogP contribution in [-0.4, -0.2) is 0 Å². The molecule has 0 spiro atoms. The van der Waals surface area contributed by atoms with E-state index in [1.54, 1.807) is 11.3 Å². The zero-order valence-corrected chi connectivity index (χ0v) is 17.3. The van der Waals surface area contributed by atoms with Gasteiger partial charge in [-0.1, -0.05) is 43.7 Å². The molecule has 3 aromatic rings. The van der Waals surface area contributed by atoms with Gasteiger partial charge in [0.15, 0.2) is 0 Å². The van der Waals surface area contributed by atoms with Gasteiger partial charge in [-0.2, -0.15) is 12.1 Å². The Morgan fingerprint density at radius 2 is 1.62 bits per heavy atom. The second-order valence-electron chi connectivity index (χ2n) is 4.53. The Hall–Kier alpha value is -0.467. The molecule has 0 radical (unpaired) electrons. The first-order valence-corrected chi connectivity index (χ1v) is 8.15. The number of hydrogen-bond donors (Lipinski definition) is 0. The Morgan fingerprint density at radius 3 is 2.24 bits per heavy atom. The smallest absolute Gasteiger partial charge is 1.00 e. The second kappa shape index (κ2) is 8.85. The normalized spacial score (nSPS) is 9.76. The predicted octanol–water partition coefficient (Wildman–Crippen LogP) is 2.90. The molecule has 0 aliphatic heterocycles. The van der Waals surface area contributed by atoms with E-state index in [-0.39, 0.29) is 31.9 Å². The molecule has 0 nitrogen and oxygen atoms in total. The van der Waals surface area contributed by atoms with Crippen LogP contribution in [0.4, 0.5) is 0 Å². The van der Waals surface area contributed by atoms with Crippen LogP contribution in [0.1, 0.15) is 18.9 Å². The molecular weight excluding hydrogens is 369 g/mol. The molecule has 2 aromatic heterocycles. The molecule has 0 aliphatic carbocycles. The van der Waals surface area contributed by atoms with Gasteiger partial charge in [0.25, 0.3) is 0 Å². The fourth-order valence-corrected chi connectivity index (χ4v) is 3.87. The summed E-state index contributed by atoms with van der Waals surface area (Å²) in [5.74, 6) is 0. The van der Waals surface area contributed by atoms with E-state index in [9.17, 15) is 0 Å². The van der Waals surface area contributed by atoms with Crippen molar-refractivity contribution in [3.63, 3.8) is 0 Å². The van der Waals surface area contributed by atoms with E-state index < -0.39 is 0 Å². The Labute approximate surface area is 153 Å². The van der Waals surface area contributed by atoms with Crippen LogP contribution in [0.15, 0.2) is 48.5 Å². The molecule has 0 bridgehead atoms. The van der Waals surface area contributed by atoms with Crippen molar-refractivity contribution in [2.75, 3.05) is 0 Å². The zero-order chi connectivity index (χ0) is 13.1. The molecule has 0 fully saturated rings. The molecule has 4 heteroatoms. The van der Waals surface area contributed by atoms with Crippen LogP contribution in [0.2, 0.25) is 0 Å². The Balaban J connectivity index is 0.00000110. The molecule has 0 unspecified atom stereocenters. The Morgan fingerprint density at radius 1 is 0.905 bits per heavy atom. The van der Waals surface area contributed by atoms with E-state index in [4.69, 9.17) is 0 Å². The quantitative estimate of drug-likeness (QED) is 0.480. The van der Waals surface area contributed by atoms with E-state index in [1.165, 1.54) is 38.6 Å². The van der Waals surface area contributed by atoms with Crippen molar-refractivity contribution in [2.24, 2.45) is 0 Å². The summed E-state index contributed by atoms with van der Waals surface area (Å²) in [6.07, 6.45) is 2.37. The second-order valence-corrected chi connectivity index (χ2v) is 6.49. The van der Waals surface area contributed by atoms with Crippen LogP contribution in [0, 0.1) is 5.38 Å². The van der Waals surface area contributed by atoms with Gasteiger partial charge in [0.2, 0.25) is 0 Å². The molecule has 0 atom stereocenters. The average Bonchev–Trinajstić information content (AvgIpc) is 3.11. The van der Waals surface area contributed by atoms with Gasteiger partial charge in [-0.25, -0.2) is 0 Å². The number of rotatable bonds is 4. The number of aryl methyl sites for hydroxylation is 1. The van der Waals surface area contributed by atoms with Gasteiger partial charge in [0.05, 0.1) is 0 Å². The summed E-state index contributed by atoms with van der Waals surface area (Å²) < 4.78 is 0. The van der Waals surface area contributed by atoms with Gasteiger partial charge in [-0.15, -0.1) is 21.6 Å². The third-order valence-corrected chi connectivity index (χ3v) is 5.22. The monoisotopic (exact) mass is 382 g/mol. The fraction of sp³-hybridized carbons (Fsp3) is 0.176. The van der Waals surface area contributed by atoms with Crippen molar-refractivity contribution in [2.45, 2.75) is 19.8 Å². The van der Waals surface area contributed by atoms with Gasteiger partial charge in [-0.3, -0.25) is 11.3 Å². The van der Waals surface area contributed by atoms with Gasteiger partial charge in [-0.05, 0) is 28.5 Å². The number of thiophene rings is 2. The fourth-order valence-electron chi connectivity index (χ4n) is 2.12. The third-order valence-electron chi connectivity index (χ3n) is 3.10. The van der Waals surface area contributed by atoms with Gasteiger partial charge in [0, 0.05) is 4.88 Å². The Kier molecular flexibility index (Phi) is 7.83. The molecule has 0 N–H and O–H groups in total. The molecule has 2 heterocycles. The minimum atomic E-state index is 0. The third kappa shape index (κ3) is 4.50. The largest absolute Gasteiger partial charge is 2.00 e. The number of halogens is 1. The minimum Gasteiger partial charge on any atom is -1.00 e. The molecule has 0 aliphatic rings. The van der Waals surface area contributed by atoms with Crippen molar-refractivity contribution < 1.29 is 31.9 Å². The Bertz CT molecular complexity index is 642. The first kappa shape index (κ1) is 18.6. The van der Waals surface area contributed by atoms with Crippen LogP contribution < -0.4 is 12.4 Å². The number of hydrogen-bond acceptors (Lipinski definition) is 2. The summed E-state index contributed by atoms with van der Waals surface area (Å²) in [5, 5.41) is 3.15. The topological polar surface area (TPSA) is 0 Å². The molecule has 1 aromatic carbocycles. The van der Waals surface area contributed by atoms with Crippen LogP contribution in [0.3, 0.4) is 0 Å². The molecule has 104 valence electrons. The maximum absolute atomic E-state index is 3.15. The zero-order valence-electron chi connectivity index (χ0n) is 11.9. The summed E-state index contributed by atoms with van der Waals surface area (Å²) in [4.78, 5) is 3.98. The van der Waals surface area contributed by atoms with Crippen molar-refractivity contribution in [1.29, 1.82) is 0 Å². The first-order valence-electron chi connectivity index (χ1n) is 6.52. The van der Waals surface area contributed by atoms with Gasteiger partial charge >= 0.3 is 19.5 Å². The summed E-state index contributed by atoms with van der Waals surface area (Å²) in [6.45, 7) is 2.22. The minimum absolute atomic E-state index is 0. The average molecular weight is 384 g/mol.